The lowest BCUT2D eigenvalue weighted by molar-refractivity contribution is 0.112. The molecule has 0 aliphatic rings. The Morgan fingerprint density at radius 2 is 2.00 bits per heavy atom. The fraction of sp³-hybridized carbons (Fsp3) is 0.263. The van der Waals surface area contributed by atoms with Crippen molar-refractivity contribution in [3.63, 3.8) is 0 Å². The summed E-state index contributed by atoms with van der Waals surface area (Å²) in [6.07, 6.45) is -2.27. The Hall–Kier alpha value is -2.78. The second-order valence-electron chi connectivity index (χ2n) is 6.51. The molecule has 0 bridgehead atoms. The summed E-state index contributed by atoms with van der Waals surface area (Å²) in [5, 5.41) is 3.19. The SMILES string of the molecule is CNC(c1cc(F)ccc1Cl)c1c(N)cc2c(c1C=O)n(C)c(=O)n2CC(F)F. The lowest BCUT2D eigenvalue weighted by atomic mass is 9.92. The lowest BCUT2D eigenvalue weighted by Crippen LogP contribution is -2.24. The molecule has 0 saturated carbocycles. The zero-order chi connectivity index (χ0) is 21.5. The Bertz CT molecular complexity index is 1160. The molecule has 0 spiro atoms. The molecule has 3 aromatic rings. The number of aryl methyl sites for hydroxylation is 1. The summed E-state index contributed by atoms with van der Waals surface area (Å²) >= 11 is 6.23. The average molecular weight is 427 g/mol. The van der Waals surface area contributed by atoms with Gasteiger partial charge < -0.3 is 11.1 Å². The molecule has 29 heavy (non-hydrogen) atoms. The molecule has 0 aliphatic carbocycles. The van der Waals surface area contributed by atoms with Gasteiger partial charge in [-0.15, -0.1) is 0 Å². The molecule has 10 heteroatoms. The van der Waals surface area contributed by atoms with Crippen LogP contribution in [0.25, 0.3) is 11.0 Å². The van der Waals surface area contributed by atoms with E-state index in [2.05, 4.69) is 5.32 Å². The van der Waals surface area contributed by atoms with Crippen molar-refractivity contribution in [1.29, 1.82) is 0 Å². The predicted octanol–water partition coefficient (Wildman–Crippen LogP) is 3.10. The minimum atomic E-state index is -2.77. The van der Waals surface area contributed by atoms with Crippen LogP contribution in [0.1, 0.15) is 27.5 Å². The summed E-state index contributed by atoms with van der Waals surface area (Å²) in [5.41, 5.74) is 6.46. The predicted molar refractivity (Wildman–Crippen MR) is 105 cm³/mol. The molecule has 3 N–H and O–H groups in total. The van der Waals surface area contributed by atoms with Crippen LogP contribution in [0.4, 0.5) is 18.9 Å². The molecule has 154 valence electrons. The molecule has 1 atom stereocenters. The highest BCUT2D eigenvalue weighted by Crippen LogP contribution is 2.36. The van der Waals surface area contributed by atoms with Crippen molar-refractivity contribution < 1.29 is 18.0 Å². The summed E-state index contributed by atoms with van der Waals surface area (Å²) < 4.78 is 41.7. The van der Waals surface area contributed by atoms with Gasteiger partial charge in [0.15, 0.2) is 6.29 Å². The Morgan fingerprint density at radius 1 is 1.31 bits per heavy atom. The minimum Gasteiger partial charge on any atom is -0.398 e. The molecule has 1 heterocycles. The van der Waals surface area contributed by atoms with Crippen molar-refractivity contribution in [3.05, 3.63) is 62.3 Å². The van der Waals surface area contributed by atoms with E-state index in [1.807, 2.05) is 0 Å². The van der Waals surface area contributed by atoms with Crippen LogP contribution in [-0.2, 0) is 13.6 Å². The average Bonchev–Trinajstić information content (AvgIpc) is 2.89. The number of nitrogens with one attached hydrogen (secondary N) is 1. The second kappa shape index (κ2) is 7.92. The number of hydrogen-bond donors (Lipinski definition) is 2. The smallest absolute Gasteiger partial charge is 0.329 e. The van der Waals surface area contributed by atoms with E-state index in [0.29, 0.717) is 11.8 Å². The topological polar surface area (TPSA) is 82.1 Å². The fourth-order valence-corrected chi connectivity index (χ4v) is 3.83. The number of anilines is 1. The minimum absolute atomic E-state index is 0.0345. The maximum atomic E-state index is 13.8. The first-order valence-corrected chi connectivity index (χ1v) is 8.96. The molecule has 0 aliphatic heterocycles. The highest BCUT2D eigenvalue weighted by Gasteiger charge is 2.27. The Kier molecular flexibility index (Phi) is 5.72. The van der Waals surface area contributed by atoms with Crippen molar-refractivity contribution >= 4 is 34.6 Å². The van der Waals surface area contributed by atoms with Crippen LogP contribution in [0.5, 0.6) is 0 Å². The lowest BCUT2D eigenvalue weighted by Gasteiger charge is -2.23. The number of nitrogens with zero attached hydrogens (tertiary/aromatic N) is 2. The standard InChI is InChI=1S/C19H18ClF3N4O2/c1-25-17(10-5-9(21)3-4-12(10)20)16-11(8-28)18-14(6-13(16)24)27(7-15(22)23)19(29)26(18)2/h3-6,8,15,17,25H,7,24H2,1-2H3. The van der Waals surface area contributed by atoms with Gasteiger partial charge in [0, 0.05) is 28.9 Å². The van der Waals surface area contributed by atoms with E-state index in [0.717, 1.165) is 9.13 Å². The van der Waals surface area contributed by atoms with Gasteiger partial charge in [-0.2, -0.15) is 0 Å². The molecule has 0 amide bonds. The van der Waals surface area contributed by atoms with E-state index < -0.39 is 30.5 Å². The van der Waals surface area contributed by atoms with Crippen LogP contribution in [0.15, 0.2) is 29.1 Å². The zero-order valence-electron chi connectivity index (χ0n) is 15.5. The molecule has 0 saturated heterocycles. The highest BCUT2D eigenvalue weighted by atomic mass is 35.5. The van der Waals surface area contributed by atoms with Gasteiger partial charge in [-0.3, -0.25) is 13.9 Å². The van der Waals surface area contributed by atoms with Crippen LogP contribution in [0.3, 0.4) is 0 Å². The number of imidazole rings is 1. The molecule has 0 radical (unpaired) electrons. The molecular formula is C19H18ClF3N4O2. The first-order valence-electron chi connectivity index (χ1n) is 8.58. The van der Waals surface area contributed by atoms with E-state index in [9.17, 15) is 22.8 Å². The van der Waals surface area contributed by atoms with Crippen molar-refractivity contribution in [1.82, 2.24) is 14.5 Å². The molecule has 1 aromatic heterocycles. The number of alkyl halides is 2. The van der Waals surface area contributed by atoms with Crippen molar-refractivity contribution in [2.24, 2.45) is 7.05 Å². The number of nitrogens with two attached hydrogens (primary N) is 1. The Morgan fingerprint density at radius 3 is 2.59 bits per heavy atom. The van der Waals surface area contributed by atoms with Gasteiger partial charge in [0.05, 0.1) is 23.6 Å². The van der Waals surface area contributed by atoms with Gasteiger partial charge in [0.1, 0.15) is 5.82 Å². The third kappa shape index (κ3) is 3.51. The number of aromatic nitrogens is 2. The van der Waals surface area contributed by atoms with Gasteiger partial charge in [-0.05, 0) is 36.9 Å². The maximum absolute atomic E-state index is 13.8. The Balaban J connectivity index is 2.38. The highest BCUT2D eigenvalue weighted by molar-refractivity contribution is 6.31. The van der Waals surface area contributed by atoms with Gasteiger partial charge in [-0.25, -0.2) is 18.0 Å². The van der Waals surface area contributed by atoms with Crippen LogP contribution >= 0.6 is 11.6 Å². The van der Waals surface area contributed by atoms with Gasteiger partial charge in [0.25, 0.3) is 6.43 Å². The molecule has 6 nitrogen and oxygen atoms in total. The summed E-state index contributed by atoms with van der Waals surface area (Å²) in [7, 11) is 2.95. The summed E-state index contributed by atoms with van der Waals surface area (Å²) in [5.74, 6) is -0.535. The maximum Gasteiger partial charge on any atom is 0.329 e. The second-order valence-corrected chi connectivity index (χ2v) is 6.92. The molecule has 1 unspecified atom stereocenters. The van der Waals surface area contributed by atoms with Crippen molar-refractivity contribution in [2.75, 3.05) is 12.8 Å². The number of aldehydes is 1. The monoisotopic (exact) mass is 426 g/mol. The van der Waals surface area contributed by atoms with Crippen LogP contribution in [-0.4, -0.2) is 28.9 Å². The third-order valence-corrected chi connectivity index (χ3v) is 5.16. The number of benzene rings is 2. The van der Waals surface area contributed by atoms with Gasteiger partial charge >= 0.3 is 5.69 Å². The number of carbonyl (C=O) groups excluding carboxylic acids is 1. The van der Waals surface area contributed by atoms with Crippen LogP contribution < -0.4 is 16.7 Å². The zero-order valence-corrected chi connectivity index (χ0v) is 16.3. The van der Waals surface area contributed by atoms with E-state index in [4.69, 9.17) is 17.3 Å². The first-order chi connectivity index (χ1) is 13.7. The number of nitrogen functional groups attached to an aromatic ring is 1. The van der Waals surface area contributed by atoms with E-state index in [1.165, 1.54) is 31.3 Å². The van der Waals surface area contributed by atoms with Crippen molar-refractivity contribution in [3.8, 4) is 0 Å². The third-order valence-electron chi connectivity index (χ3n) is 4.82. The van der Waals surface area contributed by atoms with Gasteiger partial charge in [-0.1, -0.05) is 11.6 Å². The number of rotatable bonds is 6. The van der Waals surface area contributed by atoms with E-state index >= 15 is 0 Å². The molecular weight excluding hydrogens is 409 g/mol. The fourth-order valence-electron chi connectivity index (χ4n) is 3.60. The summed E-state index contributed by atoms with van der Waals surface area (Å²) in [6, 6.07) is 4.36. The quantitative estimate of drug-likeness (QED) is 0.469. The molecule has 2 aromatic carbocycles. The largest absolute Gasteiger partial charge is 0.398 e. The first kappa shape index (κ1) is 20.9. The Labute approximate surface area is 168 Å². The normalized spacial score (nSPS) is 12.7. The van der Waals surface area contributed by atoms with Gasteiger partial charge in [0.2, 0.25) is 0 Å². The number of fused-ring (bicyclic) bond motifs is 1. The number of carbonyl (C=O) groups is 1. The molecule has 3 rings (SSSR count). The van der Waals surface area contributed by atoms with Crippen LogP contribution in [0.2, 0.25) is 5.02 Å². The number of hydrogen-bond acceptors (Lipinski definition) is 4. The van der Waals surface area contributed by atoms with Crippen LogP contribution in [0, 0.1) is 5.82 Å². The molecule has 0 fully saturated rings. The summed E-state index contributed by atoms with van der Waals surface area (Å²) in [6.45, 7) is -0.835. The van der Waals surface area contributed by atoms with E-state index in [1.54, 1.807) is 7.05 Å². The summed E-state index contributed by atoms with van der Waals surface area (Å²) in [4.78, 5) is 24.5. The van der Waals surface area contributed by atoms with Crippen molar-refractivity contribution in [2.45, 2.75) is 19.0 Å². The van der Waals surface area contributed by atoms with E-state index in [-0.39, 0.29) is 32.9 Å². The number of halogens is 4.